The minimum atomic E-state index is -0.864. The number of carboxylic acids is 1. The zero-order valence-corrected chi connectivity index (χ0v) is 13.4. The zero-order chi connectivity index (χ0) is 16.4. The number of carbonyl (C=O) groups is 2. The van der Waals surface area contributed by atoms with Crippen LogP contribution in [0.1, 0.15) is 31.7 Å². The Morgan fingerprint density at radius 3 is 2.39 bits per heavy atom. The number of benzene rings is 1. The van der Waals surface area contributed by atoms with Crippen molar-refractivity contribution >= 4 is 17.6 Å². The standard InChI is InChI=1S/C19H23NO3/c1-2-3-4-12-5-9-15(10-6-12)20-18(21)16-13-7-8-14(11-13)17(16)19(22)23/h5-10,13-14,16-17H,2-4,11H2,1H3,(H,20,21)(H,22,23)/t13-,14-,16+,17+/m0/s1. The molecule has 0 aromatic heterocycles. The summed E-state index contributed by atoms with van der Waals surface area (Å²) in [5, 5.41) is 12.3. The number of aryl methyl sites for hydroxylation is 1. The van der Waals surface area contributed by atoms with E-state index in [1.807, 2.05) is 36.4 Å². The average Bonchev–Trinajstić information content (AvgIpc) is 3.15. The molecule has 23 heavy (non-hydrogen) atoms. The molecular weight excluding hydrogens is 290 g/mol. The monoisotopic (exact) mass is 313 g/mol. The van der Waals surface area contributed by atoms with Gasteiger partial charge in [0, 0.05) is 5.69 Å². The van der Waals surface area contributed by atoms with Crippen LogP contribution in [-0.4, -0.2) is 17.0 Å². The van der Waals surface area contributed by atoms with Gasteiger partial charge >= 0.3 is 5.97 Å². The molecule has 3 rings (SSSR count). The number of hydrogen-bond donors (Lipinski definition) is 2. The van der Waals surface area contributed by atoms with E-state index in [4.69, 9.17) is 0 Å². The number of allylic oxidation sites excluding steroid dienone is 2. The molecule has 2 aliphatic carbocycles. The summed E-state index contributed by atoms with van der Waals surface area (Å²) in [4.78, 5) is 24.1. The molecule has 0 spiro atoms. The summed E-state index contributed by atoms with van der Waals surface area (Å²) in [5.41, 5.74) is 2.00. The molecular formula is C19H23NO3. The minimum Gasteiger partial charge on any atom is -0.481 e. The lowest BCUT2D eigenvalue weighted by Gasteiger charge is -2.23. The van der Waals surface area contributed by atoms with Crippen molar-refractivity contribution in [1.82, 2.24) is 0 Å². The van der Waals surface area contributed by atoms with Crippen LogP contribution < -0.4 is 5.32 Å². The van der Waals surface area contributed by atoms with Crippen LogP contribution in [-0.2, 0) is 16.0 Å². The molecule has 0 radical (unpaired) electrons. The van der Waals surface area contributed by atoms with Crippen LogP contribution in [0.3, 0.4) is 0 Å². The number of fused-ring (bicyclic) bond motifs is 2. The molecule has 1 amide bonds. The van der Waals surface area contributed by atoms with E-state index in [-0.39, 0.29) is 17.7 Å². The highest BCUT2D eigenvalue weighted by atomic mass is 16.4. The van der Waals surface area contributed by atoms with Gasteiger partial charge in [0.15, 0.2) is 0 Å². The second kappa shape index (κ2) is 6.57. The number of carbonyl (C=O) groups excluding carboxylic acids is 1. The molecule has 4 nitrogen and oxygen atoms in total. The van der Waals surface area contributed by atoms with E-state index in [1.54, 1.807) is 0 Å². The van der Waals surface area contributed by atoms with Gasteiger partial charge in [-0.05, 0) is 48.8 Å². The zero-order valence-electron chi connectivity index (χ0n) is 13.4. The maximum absolute atomic E-state index is 12.6. The Hall–Kier alpha value is -2.10. The molecule has 122 valence electrons. The molecule has 1 fully saturated rings. The molecule has 2 aliphatic rings. The number of nitrogens with one attached hydrogen (secondary N) is 1. The Bertz CT molecular complexity index is 620. The van der Waals surface area contributed by atoms with Crippen LogP contribution in [0.4, 0.5) is 5.69 Å². The molecule has 2 bridgehead atoms. The highest BCUT2D eigenvalue weighted by molar-refractivity contribution is 5.96. The van der Waals surface area contributed by atoms with Crippen LogP contribution in [0.25, 0.3) is 0 Å². The fraction of sp³-hybridized carbons (Fsp3) is 0.474. The summed E-state index contributed by atoms with van der Waals surface area (Å²) in [7, 11) is 0. The quantitative estimate of drug-likeness (QED) is 0.790. The van der Waals surface area contributed by atoms with Crippen molar-refractivity contribution in [3.8, 4) is 0 Å². The topological polar surface area (TPSA) is 66.4 Å². The highest BCUT2D eigenvalue weighted by Gasteiger charge is 2.51. The van der Waals surface area contributed by atoms with Crippen molar-refractivity contribution in [1.29, 1.82) is 0 Å². The fourth-order valence-corrected chi connectivity index (χ4v) is 3.88. The fourth-order valence-electron chi connectivity index (χ4n) is 3.88. The van der Waals surface area contributed by atoms with Crippen molar-refractivity contribution in [3.05, 3.63) is 42.0 Å². The maximum atomic E-state index is 12.6. The van der Waals surface area contributed by atoms with Gasteiger partial charge in [0.25, 0.3) is 0 Å². The van der Waals surface area contributed by atoms with E-state index in [0.717, 1.165) is 31.4 Å². The Labute approximate surface area is 136 Å². The van der Waals surface area contributed by atoms with Crippen LogP contribution >= 0.6 is 0 Å². The van der Waals surface area contributed by atoms with Gasteiger partial charge in [-0.2, -0.15) is 0 Å². The lowest BCUT2D eigenvalue weighted by molar-refractivity contribution is -0.146. The molecule has 0 heterocycles. The number of rotatable bonds is 6. The number of unbranched alkanes of at least 4 members (excludes halogenated alkanes) is 1. The maximum Gasteiger partial charge on any atom is 0.307 e. The Kier molecular flexibility index (Phi) is 4.51. The Balaban J connectivity index is 1.67. The number of amides is 1. The lowest BCUT2D eigenvalue weighted by Crippen LogP contribution is -2.36. The van der Waals surface area contributed by atoms with Crippen LogP contribution in [0.5, 0.6) is 0 Å². The summed E-state index contributed by atoms with van der Waals surface area (Å²) in [6.07, 6.45) is 8.10. The predicted molar refractivity (Wildman–Crippen MR) is 89.0 cm³/mol. The van der Waals surface area contributed by atoms with Crippen LogP contribution in [0.2, 0.25) is 0 Å². The summed E-state index contributed by atoms with van der Waals surface area (Å²) in [6, 6.07) is 7.87. The molecule has 0 unspecified atom stereocenters. The Morgan fingerprint density at radius 2 is 1.78 bits per heavy atom. The van der Waals surface area contributed by atoms with Gasteiger partial charge in [-0.15, -0.1) is 0 Å². The number of carboxylic acid groups (broad SMARTS) is 1. The first-order valence-electron chi connectivity index (χ1n) is 8.41. The molecule has 2 N–H and O–H groups in total. The van der Waals surface area contributed by atoms with Gasteiger partial charge in [0.1, 0.15) is 0 Å². The van der Waals surface area contributed by atoms with Crippen LogP contribution in [0, 0.1) is 23.7 Å². The van der Waals surface area contributed by atoms with E-state index in [1.165, 1.54) is 5.56 Å². The second-order valence-corrected chi connectivity index (χ2v) is 6.63. The van der Waals surface area contributed by atoms with Crippen molar-refractivity contribution in [2.24, 2.45) is 23.7 Å². The number of aliphatic carboxylic acids is 1. The second-order valence-electron chi connectivity index (χ2n) is 6.63. The van der Waals surface area contributed by atoms with Gasteiger partial charge in [-0.3, -0.25) is 9.59 Å². The van der Waals surface area contributed by atoms with Gasteiger partial charge in [0.05, 0.1) is 11.8 Å². The first-order chi connectivity index (χ1) is 11.1. The lowest BCUT2D eigenvalue weighted by atomic mass is 9.82. The minimum absolute atomic E-state index is 0.00432. The van der Waals surface area contributed by atoms with Gasteiger partial charge in [-0.1, -0.05) is 37.6 Å². The highest BCUT2D eigenvalue weighted by Crippen LogP contribution is 2.48. The first-order valence-corrected chi connectivity index (χ1v) is 8.41. The average molecular weight is 313 g/mol. The summed E-state index contributed by atoms with van der Waals surface area (Å²) in [6.45, 7) is 2.16. The van der Waals surface area contributed by atoms with Gasteiger partial charge < -0.3 is 10.4 Å². The summed E-state index contributed by atoms with van der Waals surface area (Å²) < 4.78 is 0. The molecule has 0 saturated heterocycles. The number of anilines is 1. The molecule has 1 aromatic carbocycles. The van der Waals surface area contributed by atoms with Crippen molar-refractivity contribution in [2.75, 3.05) is 5.32 Å². The first kappa shape index (κ1) is 15.8. The predicted octanol–water partition coefficient (Wildman–Crippen LogP) is 3.49. The third-order valence-corrected chi connectivity index (χ3v) is 5.09. The SMILES string of the molecule is CCCCc1ccc(NC(=O)[C@H]2[C@H](C(=O)O)[C@H]3C=C[C@H]2C3)cc1. The summed E-state index contributed by atoms with van der Waals surface area (Å²) >= 11 is 0. The van der Waals surface area contributed by atoms with E-state index < -0.39 is 17.8 Å². The molecule has 1 saturated carbocycles. The number of hydrogen-bond acceptors (Lipinski definition) is 2. The largest absolute Gasteiger partial charge is 0.481 e. The molecule has 4 heteroatoms. The van der Waals surface area contributed by atoms with Crippen LogP contribution in [0.15, 0.2) is 36.4 Å². The van der Waals surface area contributed by atoms with Crippen molar-refractivity contribution in [3.63, 3.8) is 0 Å². The van der Waals surface area contributed by atoms with E-state index >= 15 is 0 Å². The van der Waals surface area contributed by atoms with E-state index in [2.05, 4.69) is 12.2 Å². The third-order valence-electron chi connectivity index (χ3n) is 5.09. The van der Waals surface area contributed by atoms with E-state index in [9.17, 15) is 14.7 Å². The van der Waals surface area contributed by atoms with Crippen molar-refractivity contribution in [2.45, 2.75) is 32.6 Å². The summed E-state index contributed by atoms with van der Waals surface area (Å²) in [5.74, 6) is -2.02. The molecule has 4 atom stereocenters. The Morgan fingerprint density at radius 1 is 1.13 bits per heavy atom. The van der Waals surface area contributed by atoms with Gasteiger partial charge in [-0.25, -0.2) is 0 Å². The normalized spacial score (nSPS) is 28.0. The third kappa shape index (κ3) is 3.16. The molecule has 0 aliphatic heterocycles. The van der Waals surface area contributed by atoms with Crippen molar-refractivity contribution < 1.29 is 14.7 Å². The smallest absolute Gasteiger partial charge is 0.307 e. The molecule has 1 aromatic rings. The van der Waals surface area contributed by atoms with E-state index in [0.29, 0.717) is 0 Å². The van der Waals surface area contributed by atoms with Gasteiger partial charge in [0.2, 0.25) is 5.91 Å².